The molecule has 0 amide bonds. The van der Waals surface area contributed by atoms with Crippen molar-refractivity contribution < 1.29 is 14.6 Å². The van der Waals surface area contributed by atoms with E-state index in [0.29, 0.717) is 0 Å². The van der Waals surface area contributed by atoms with Crippen molar-refractivity contribution in [3.05, 3.63) is 0 Å². The monoisotopic (exact) mass is 215 g/mol. The van der Waals surface area contributed by atoms with Gasteiger partial charge in [0.05, 0.1) is 6.10 Å². The molecule has 15 heavy (non-hydrogen) atoms. The Morgan fingerprint density at radius 2 is 2.07 bits per heavy atom. The number of methoxy groups -OCH3 is 1. The first-order valence-electron chi connectivity index (χ1n) is 5.55. The third-order valence-electron chi connectivity index (χ3n) is 3.46. The summed E-state index contributed by atoms with van der Waals surface area (Å²) in [5.74, 6) is -0.766. The van der Waals surface area contributed by atoms with Crippen molar-refractivity contribution in [1.82, 2.24) is 4.90 Å². The largest absolute Gasteiger partial charge is 0.480 e. The van der Waals surface area contributed by atoms with Gasteiger partial charge in [-0.05, 0) is 26.8 Å². The van der Waals surface area contributed by atoms with Gasteiger partial charge in [0.2, 0.25) is 0 Å². The number of carboxylic acid groups (broad SMARTS) is 1. The molecular weight excluding hydrogens is 194 g/mol. The fourth-order valence-corrected chi connectivity index (χ4v) is 2.28. The molecular formula is C11H21NO3. The Morgan fingerprint density at radius 1 is 1.47 bits per heavy atom. The summed E-state index contributed by atoms with van der Waals surface area (Å²) >= 11 is 0. The van der Waals surface area contributed by atoms with Crippen LogP contribution >= 0.6 is 0 Å². The Balaban J connectivity index is 2.62. The molecule has 1 fully saturated rings. The predicted octanol–water partition coefficient (Wildman–Crippen LogP) is 1.35. The Hall–Kier alpha value is -0.610. The van der Waals surface area contributed by atoms with E-state index in [0.717, 1.165) is 12.8 Å². The van der Waals surface area contributed by atoms with Gasteiger partial charge in [-0.25, -0.2) is 0 Å². The molecule has 1 rings (SSSR count). The number of nitrogens with zero attached hydrogens (tertiary/aromatic N) is 1. The van der Waals surface area contributed by atoms with E-state index in [-0.39, 0.29) is 12.1 Å². The molecule has 0 spiro atoms. The molecule has 0 aliphatic heterocycles. The van der Waals surface area contributed by atoms with Gasteiger partial charge >= 0.3 is 5.97 Å². The Bertz CT molecular complexity index is 220. The van der Waals surface area contributed by atoms with Gasteiger partial charge in [0.15, 0.2) is 0 Å². The van der Waals surface area contributed by atoms with Crippen LogP contribution < -0.4 is 0 Å². The zero-order valence-corrected chi connectivity index (χ0v) is 9.77. The molecule has 0 bridgehead atoms. The van der Waals surface area contributed by atoms with Crippen LogP contribution in [0, 0.1) is 0 Å². The lowest BCUT2D eigenvalue weighted by Gasteiger charge is -2.38. The molecule has 0 saturated heterocycles. The van der Waals surface area contributed by atoms with Crippen molar-refractivity contribution in [1.29, 1.82) is 0 Å². The van der Waals surface area contributed by atoms with Gasteiger partial charge in [0, 0.05) is 13.2 Å². The van der Waals surface area contributed by atoms with E-state index < -0.39 is 12.0 Å². The quantitative estimate of drug-likeness (QED) is 0.769. The first-order chi connectivity index (χ1) is 7.07. The molecule has 3 atom stereocenters. The standard InChI is InChI=1S/C11H21NO3/c1-8(11(13)14)12(2)9-6-4-5-7-10(9)15-3/h8-10H,4-7H2,1-3H3,(H,13,14). The molecule has 0 aromatic rings. The van der Waals surface area contributed by atoms with Crippen LogP contribution in [0.1, 0.15) is 32.6 Å². The zero-order valence-electron chi connectivity index (χ0n) is 9.77. The number of carbonyl (C=O) groups is 1. The fraction of sp³-hybridized carbons (Fsp3) is 0.909. The van der Waals surface area contributed by atoms with Crippen LogP contribution in [0.3, 0.4) is 0 Å². The smallest absolute Gasteiger partial charge is 0.320 e. The summed E-state index contributed by atoms with van der Waals surface area (Å²) in [5, 5.41) is 8.96. The molecule has 1 aliphatic rings. The summed E-state index contributed by atoms with van der Waals surface area (Å²) in [6.07, 6.45) is 4.61. The summed E-state index contributed by atoms with van der Waals surface area (Å²) in [4.78, 5) is 12.8. The fourth-order valence-electron chi connectivity index (χ4n) is 2.28. The van der Waals surface area contributed by atoms with E-state index in [1.165, 1.54) is 12.8 Å². The number of aliphatic carboxylic acids is 1. The van der Waals surface area contributed by atoms with Gasteiger partial charge in [-0.15, -0.1) is 0 Å². The first kappa shape index (κ1) is 12.5. The maximum absolute atomic E-state index is 10.9. The SMILES string of the molecule is COC1CCCCC1N(C)C(C)C(=O)O. The highest BCUT2D eigenvalue weighted by Crippen LogP contribution is 2.25. The van der Waals surface area contributed by atoms with Crippen molar-refractivity contribution in [2.75, 3.05) is 14.2 Å². The normalized spacial score (nSPS) is 29.1. The van der Waals surface area contributed by atoms with Crippen molar-refractivity contribution in [3.8, 4) is 0 Å². The molecule has 0 aromatic carbocycles. The molecule has 0 heterocycles. The molecule has 0 radical (unpaired) electrons. The van der Waals surface area contributed by atoms with Gasteiger partial charge in [-0.2, -0.15) is 0 Å². The molecule has 1 saturated carbocycles. The summed E-state index contributed by atoms with van der Waals surface area (Å²) in [7, 11) is 3.59. The van der Waals surface area contributed by atoms with Crippen LogP contribution in [0.15, 0.2) is 0 Å². The van der Waals surface area contributed by atoms with E-state index in [1.807, 2.05) is 11.9 Å². The van der Waals surface area contributed by atoms with E-state index in [2.05, 4.69) is 0 Å². The maximum atomic E-state index is 10.9. The second-order valence-corrected chi connectivity index (χ2v) is 4.31. The number of hydrogen-bond donors (Lipinski definition) is 1. The van der Waals surface area contributed by atoms with E-state index in [9.17, 15) is 4.79 Å². The van der Waals surface area contributed by atoms with E-state index in [4.69, 9.17) is 9.84 Å². The zero-order chi connectivity index (χ0) is 11.4. The van der Waals surface area contributed by atoms with Crippen LogP contribution in [-0.2, 0) is 9.53 Å². The topological polar surface area (TPSA) is 49.8 Å². The number of hydrogen-bond acceptors (Lipinski definition) is 3. The Kier molecular flexibility index (Phi) is 4.54. The van der Waals surface area contributed by atoms with Crippen LogP contribution in [0.2, 0.25) is 0 Å². The minimum Gasteiger partial charge on any atom is -0.480 e. The van der Waals surface area contributed by atoms with E-state index >= 15 is 0 Å². The molecule has 1 N–H and O–H groups in total. The second kappa shape index (κ2) is 5.47. The van der Waals surface area contributed by atoms with Crippen LogP contribution in [0.25, 0.3) is 0 Å². The number of ether oxygens (including phenoxy) is 1. The van der Waals surface area contributed by atoms with Gasteiger partial charge in [-0.3, -0.25) is 9.69 Å². The van der Waals surface area contributed by atoms with Gasteiger partial charge < -0.3 is 9.84 Å². The lowest BCUT2D eigenvalue weighted by Crippen LogP contribution is -2.50. The highest BCUT2D eigenvalue weighted by molar-refractivity contribution is 5.72. The Morgan fingerprint density at radius 3 is 2.60 bits per heavy atom. The van der Waals surface area contributed by atoms with Gasteiger partial charge in [0.25, 0.3) is 0 Å². The second-order valence-electron chi connectivity index (χ2n) is 4.31. The van der Waals surface area contributed by atoms with Crippen LogP contribution in [-0.4, -0.2) is 48.3 Å². The molecule has 4 heteroatoms. The highest BCUT2D eigenvalue weighted by atomic mass is 16.5. The van der Waals surface area contributed by atoms with Crippen molar-refractivity contribution in [3.63, 3.8) is 0 Å². The minimum absolute atomic E-state index is 0.186. The lowest BCUT2D eigenvalue weighted by atomic mass is 9.90. The third kappa shape index (κ3) is 2.92. The van der Waals surface area contributed by atoms with Crippen LogP contribution in [0.4, 0.5) is 0 Å². The Labute approximate surface area is 91.2 Å². The van der Waals surface area contributed by atoms with Crippen molar-refractivity contribution in [2.45, 2.75) is 50.8 Å². The number of rotatable bonds is 4. The third-order valence-corrected chi connectivity index (χ3v) is 3.46. The van der Waals surface area contributed by atoms with Gasteiger partial charge in [-0.1, -0.05) is 12.8 Å². The van der Waals surface area contributed by atoms with Crippen molar-refractivity contribution >= 4 is 5.97 Å². The van der Waals surface area contributed by atoms with Gasteiger partial charge in [0.1, 0.15) is 6.04 Å². The number of carboxylic acids is 1. The summed E-state index contributed by atoms with van der Waals surface area (Å²) in [6, 6.07) is -0.194. The molecule has 3 unspecified atom stereocenters. The summed E-state index contributed by atoms with van der Waals surface area (Å²) < 4.78 is 5.42. The maximum Gasteiger partial charge on any atom is 0.320 e. The molecule has 88 valence electrons. The first-order valence-corrected chi connectivity index (χ1v) is 5.55. The highest BCUT2D eigenvalue weighted by Gasteiger charge is 2.32. The minimum atomic E-state index is -0.766. The summed E-state index contributed by atoms with van der Waals surface area (Å²) in [6.45, 7) is 1.73. The van der Waals surface area contributed by atoms with E-state index in [1.54, 1.807) is 14.0 Å². The van der Waals surface area contributed by atoms with Crippen molar-refractivity contribution in [2.24, 2.45) is 0 Å². The average Bonchev–Trinajstić information content (AvgIpc) is 2.26. The predicted molar refractivity (Wildman–Crippen MR) is 57.9 cm³/mol. The molecule has 0 aromatic heterocycles. The average molecular weight is 215 g/mol. The number of likely N-dealkylation sites (N-methyl/N-ethyl adjacent to an activating group) is 1. The summed E-state index contributed by atoms with van der Waals surface area (Å²) in [5.41, 5.74) is 0. The molecule has 4 nitrogen and oxygen atoms in total. The molecule has 1 aliphatic carbocycles. The lowest BCUT2D eigenvalue weighted by molar-refractivity contribution is -0.144. The van der Waals surface area contributed by atoms with Crippen LogP contribution in [0.5, 0.6) is 0 Å².